The Hall–Kier alpha value is -3.27. The number of hydrogen-bond acceptors (Lipinski definition) is 6. The van der Waals surface area contributed by atoms with Crippen LogP contribution < -0.4 is 4.74 Å². The van der Waals surface area contributed by atoms with E-state index in [1.165, 1.54) is 13.2 Å². The Morgan fingerprint density at radius 3 is 2.81 bits per heavy atom. The number of halogens is 1. The predicted octanol–water partition coefficient (Wildman–Crippen LogP) is 3.99. The minimum absolute atomic E-state index is 0.0444. The van der Waals surface area contributed by atoms with Crippen molar-refractivity contribution in [1.29, 1.82) is 0 Å². The highest BCUT2D eigenvalue weighted by Crippen LogP contribution is 2.35. The first-order chi connectivity index (χ1) is 18.0. The van der Waals surface area contributed by atoms with E-state index in [9.17, 15) is 9.18 Å². The van der Waals surface area contributed by atoms with Gasteiger partial charge in [-0.15, -0.1) is 0 Å². The normalized spacial score (nSPS) is 19.0. The number of methoxy groups -OCH3 is 1. The maximum atomic E-state index is 14.5. The molecule has 1 fully saturated rings. The van der Waals surface area contributed by atoms with Crippen LogP contribution >= 0.6 is 0 Å². The molecule has 198 valence electrons. The molecule has 2 atom stereocenters. The summed E-state index contributed by atoms with van der Waals surface area (Å²) in [5, 5.41) is 9.70. The van der Waals surface area contributed by atoms with E-state index in [-0.39, 0.29) is 23.7 Å². The number of amides is 1. The van der Waals surface area contributed by atoms with E-state index in [1.54, 1.807) is 10.9 Å². The van der Waals surface area contributed by atoms with Gasteiger partial charge < -0.3 is 14.4 Å². The largest absolute Gasteiger partial charge is 0.479 e. The van der Waals surface area contributed by atoms with Crippen LogP contribution in [-0.2, 0) is 22.4 Å². The number of piperidine rings is 1. The van der Waals surface area contributed by atoms with Gasteiger partial charge in [0, 0.05) is 49.3 Å². The molecule has 10 heteroatoms. The smallest absolute Gasteiger partial charge is 0.250 e. The molecule has 0 aromatic carbocycles. The molecule has 9 nitrogen and oxygen atoms in total. The summed E-state index contributed by atoms with van der Waals surface area (Å²) >= 11 is 0. The zero-order valence-electron chi connectivity index (χ0n) is 21.8. The van der Waals surface area contributed by atoms with Crippen molar-refractivity contribution >= 4 is 5.91 Å². The highest BCUT2D eigenvalue weighted by molar-refractivity contribution is 5.77. The molecule has 37 heavy (non-hydrogen) atoms. The summed E-state index contributed by atoms with van der Waals surface area (Å²) in [6, 6.07) is 1.56. The molecule has 2 aliphatic rings. The van der Waals surface area contributed by atoms with Crippen LogP contribution in [0.15, 0.2) is 24.7 Å². The van der Waals surface area contributed by atoms with Gasteiger partial charge in [-0.05, 0) is 32.1 Å². The van der Waals surface area contributed by atoms with Crippen molar-refractivity contribution in [2.24, 2.45) is 5.92 Å². The average molecular weight is 511 g/mol. The SMILES string of the molecule is CCCC(C1CCN(CC)C(=O)C1)n1cc(-c2nn(-c3cnc(OC)c(F)c3)c3c2CCOCC3)cn1. The van der Waals surface area contributed by atoms with Crippen molar-refractivity contribution in [1.82, 2.24) is 29.4 Å². The molecule has 0 N–H and O–H groups in total. The van der Waals surface area contributed by atoms with Crippen LogP contribution in [0.25, 0.3) is 16.9 Å². The van der Waals surface area contributed by atoms with Crippen molar-refractivity contribution in [3.05, 3.63) is 41.7 Å². The van der Waals surface area contributed by atoms with Gasteiger partial charge in [0.1, 0.15) is 0 Å². The number of rotatable bonds is 8. The van der Waals surface area contributed by atoms with Crippen LogP contribution in [0.5, 0.6) is 5.88 Å². The van der Waals surface area contributed by atoms with Crippen LogP contribution in [0.3, 0.4) is 0 Å². The van der Waals surface area contributed by atoms with Crippen LogP contribution in [-0.4, -0.2) is 68.8 Å². The quantitative estimate of drug-likeness (QED) is 0.455. The first kappa shape index (κ1) is 25.4. The molecule has 0 spiro atoms. The number of pyridine rings is 1. The lowest BCUT2D eigenvalue weighted by molar-refractivity contribution is -0.135. The number of carbonyl (C=O) groups excluding carboxylic acids is 1. The fourth-order valence-electron chi connectivity index (χ4n) is 5.66. The van der Waals surface area contributed by atoms with Gasteiger partial charge in [-0.2, -0.15) is 10.2 Å². The number of hydrogen-bond donors (Lipinski definition) is 0. The standard InChI is InChI=1S/C27H35FN6O3/c1-4-6-23(18-7-10-32(5-2)25(35)13-18)33-17-19(15-30-33)26-21-8-11-37-12-9-24(21)34(31-26)20-14-22(28)27(36-3)29-16-20/h14-18,23H,4-13H2,1-3H3. The summed E-state index contributed by atoms with van der Waals surface area (Å²) in [6.07, 6.45) is 10.4. The van der Waals surface area contributed by atoms with E-state index in [0.29, 0.717) is 38.2 Å². The van der Waals surface area contributed by atoms with Crippen LogP contribution in [0, 0.1) is 11.7 Å². The molecule has 1 amide bonds. The minimum atomic E-state index is -0.533. The molecule has 5 heterocycles. The van der Waals surface area contributed by atoms with Gasteiger partial charge >= 0.3 is 0 Å². The van der Waals surface area contributed by atoms with Crippen LogP contribution in [0.1, 0.15) is 56.8 Å². The first-order valence-corrected chi connectivity index (χ1v) is 13.2. The summed E-state index contributed by atoms with van der Waals surface area (Å²) in [4.78, 5) is 18.7. The van der Waals surface area contributed by atoms with Crippen molar-refractivity contribution < 1.29 is 18.7 Å². The molecular formula is C27H35FN6O3. The molecule has 5 rings (SSSR count). The summed E-state index contributed by atoms with van der Waals surface area (Å²) in [6.45, 7) is 6.95. The van der Waals surface area contributed by atoms with Crippen molar-refractivity contribution in [3.8, 4) is 22.8 Å². The third-order valence-corrected chi connectivity index (χ3v) is 7.58. The third kappa shape index (κ3) is 4.99. The molecule has 1 saturated heterocycles. The second kappa shape index (κ2) is 11.0. The second-order valence-corrected chi connectivity index (χ2v) is 9.77. The van der Waals surface area contributed by atoms with Gasteiger partial charge in [-0.25, -0.2) is 14.1 Å². The molecular weight excluding hydrogens is 475 g/mol. The molecule has 2 aliphatic heterocycles. The summed E-state index contributed by atoms with van der Waals surface area (Å²) in [5.41, 5.74) is 4.37. The Bertz CT molecular complexity index is 1250. The van der Waals surface area contributed by atoms with Gasteiger partial charge in [0.05, 0.1) is 55.8 Å². The van der Waals surface area contributed by atoms with E-state index in [4.69, 9.17) is 19.7 Å². The topological polar surface area (TPSA) is 87.3 Å². The lowest BCUT2D eigenvalue weighted by Gasteiger charge is -2.35. The number of likely N-dealkylation sites (tertiary alicyclic amines) is 1. The van der Waals surface area contributed by atoms with E-state index < -0.39 is 5.82 Å². The van der Waals surface area contributed by atoms with Crippen molar-refractivity contribution in [2.45, 2.75) is 58.4 Å². The number of nitrogens with zero attached hydrogens (tertiary/aromatic N) is 6. The maximum absolute atomic E-state index is 14.5. The summed E-state index contributed by atoms with van der Waals surface area (Å²) in [5.74, 6) is -0.0809. The third-order valence-electron chi connectivity index (χ3n) is 7.58. The van der Waals surface area contributed by atoms with Gasteiger partial charge in [0.15, 0.2) is 5.82 Å². The molecule has 0 bridgehead atoms. The number of aromatic nitrogens is 5. The van der Waals surface area contributed by atoms with Gasteiger partial charge in [-0.3, -0.25) is 9.48 Å². The van der Waals surface area contributed by atoms with E-state index in [1.807, 2.05) is 22.7 Å². The summed E-state index contributed by atoms with van der Waals surface area (Å²) in [7, 11) is 1.40. The fraction of sp³-hybridized carbons (Fsp3) is 0.556. The maximum Gasteiger partial charge on any atom is 0.250 e. The molecule has 3 aromatic heterocycles. The Balaban J connectivity index is 1.49. The Kier molecular flexibility index (Phi) is 7.55. The monoisotopic (exact) mass is 510 g/mol. The molecule has 0 aliphatic carbocycles. The lowest BCUT2D eigenvalue weighted by atomic mass is 9.86. The van der Waals surface area contributed by atoms with Crippen LogP contribution in [0.2, 0.25) is 0 Å². The molecule has 0 radical (unpaired) electrons. The fourth-order valence-corrected chi connectivity index (χ4v) is 5.66. The number of ether oxygens (including phenoxy) is 2. The number of carbonyl (C=O) groups is 1. The van der Waals surface area contributed by atoms with Gasteiger partial charge in [0.25, 0.3) is 0 Å². The average Bonchev–Trinajstić information content (AvgIpc) is 3.44. The highest BCUT2D eigenvalue weighted by atomic mass is 19.1. The van der Waals surface area contributed by atoms with E-state index >= 15 is 0 Å². The second-order valence-electron chi connectivity index (χ2n) is 9.77. The number of fused-ring (bicyclic) bond motifs is 1. The van der Waals surface area contributed by atoms with Gasteiger partial charge in [0.2, 0.25) is 11.8 Å². The van der Waals surface area contributed by atoms with Crippen molar-refractivity contribution in [2.75, 3.05) is 33.4 Å². The zero-order valence-corrected chi connectivity index (χ0v) is 21.8. The highest BCUT2D eigenvalue weighted by Gasteiger charge is 2.32. The predicted molar refractivity (Wildman–Crippen MR) is 136 cm³/mol. The molecule has 0 saturated carbocycles. The van der Waals surface area contributed by atoms with Crippen LogP contribution in [0.4, 0.5) is 4.39 Å². The Morgan fingerprint density at radius 2 is 2.08 bits per heavy atom. The lowest BCUT2D eigenvalue weighted by Crippen LogP contribution is -2.41. The van der Waals surface area contributed by atoms with Crippen molar-refractivity contribution in [3.63, 3.8) is 0 Å². The Labute approximate surface area is 216 Å². The first-order valence-electron chi connectivity index (χ1n) is 13.2. The zero-order chi connectivity index (χ0) is 25.9. The summed E-state index contributed by atoms with van der Waals surface area (Å²) < 4.78 is 29.0. The minimum Gasteiger partial charge on any atom is -0.479 e. The molecule has 2 unspecified atom stereocenters. The Morgan fingerprint density at radius 1 is 1.24 bits per heavy atom. The van der Waals surface area contributed by atoms with Gasteiger partial charge in [-0.1, -0.05) is 13.3 Å². The van der Waals surface area contributed by atoms with E-state index in [2.05, 4.69) is 18.1 Å². The molecule has 3 aromatic rings. The van der Waals surface area contributed by atoms with E-state index in [0.717, 1.165) is 54.9 Å².